The molecule has 1 aliphatic heterocycles. The van der Waals surface area contributed by atoms with Crippen molar-refractivity contribution in [3.8, 4) is 0 Å². The topological polar surface area (TPSA) is 52.6 Å². The highest BCUT2D eigenvalue weighted by atomic mass is 35.5. The van der Waals surface area contributed by atoms with Crippen LogP contribution in [0, 0.1) is 0 Å². The molecule has 5 heteroatoms. The van der Waals surface area contributed by atoms with Crippen LogP contribution >= 0.6 is 11.6 Å². The molecule has 17 heavy (non-hydrogen) atoms. The Morgan fingerprint density at radius 1 is 1.29 bits per heavy atom. The molecule has 0 bridgehead atoms. The maximum atomic E-state index is 10.8. The van der Waals surface area contributed by atoms with Crippen molar-refractivity contribution in [2.45, 2.75) is 19.3 Å². The summed E-state index contributed by atoms with van der Waals surface area (Å²) in [6, 6.07) is 4.92. The summed E-state index contributed by atoms with van der Waals surface area (Å²) >= 11 is 5.90. The molecule has 1 aromatic carbocycles. The number of carbonyl (C=O) groups is 1. The first-order valence-corrected chi connectivity index (χ1v) is 6.09. The van der Waals surface area contributed by atoms with E-state index in [0.29, 0.717) is 0 Å². The number of nitrogens with zero attached hydrogens (tertiary/aromatic N) is 1. The van der Waals surface area contributed by atoms with Crippen LogP contribution < -0.4 is 5.43 Å². The highest BCUT2D eigenvalue weighted by Crippen LogP contribution is 2.22. The largest absolute Gasteiger partial charge is 0.478 e. The second-order valence-electron chi connectivity index (χ2n) is 4.16. The highest BCUT2D eigenvalue weighted by molar-refractivity contribution is 6.33. The number of aromatic carboxylic acids is 1. The smallest absolute Gasteiger partial charge is 0.337 e. The second-order valence-corrected chi connectivity index (χ2v) is 4.57. The number of hydrogen-bond acceptors (Lipinski definition) is 3. The molecule has 2 N–H and O–H groups in total. The molecule has 0 aromatic heterocycles. The van der Waals surface area contributed by atoms with Gasteiger partial charge in [-0.15, -0.1) is 0 Å². The number of piperidine rings is 1. The van der Waals surface area contributed by atoms with Crippen molar-refractivity contribution in [3.63, 3.8) is 0 Å². The average Bonchev–Trinajstić information content (AvgIpc) is 2.30. The Hall–Kier alpha value is -1.26. The number of rotatable bonds is 3. The van der Waals surface area contributed by atoms with Crippen LogP contribution in [0.1, 0.15) is 29.6 Å². The molecule has 0 unspecified atom stereocenters. The van der Waals surface area contributed by atoms with E-state index in [0.717, 1.165) is 18.8 Å². The van der Waals surface area contributed by atoms with E-state index in [1.54, 1.807) is 12.1 Å². The Morgan fingerprint density at radius 3 is 2.59 bits per heavy atom. The summed E-state index contributed by atoms with van der Waals surface area (Å²) in [5.74, 6) is -1.00. The van der Waals surface area contributed by atoms with Gasteiger partial charge in [0.15, 0.2) is 0 Å². The van der Waals surface area contributed by atoms with Gasteiger partial charge in [0.25, 0.3) is 0 Å². The minimum atomic E-state index is -1.00. The molecule has 1 aromatic rings. The van der Waals surface area contributed by atoms with Gasteiger partial charge in [0, 0.05) is 13.1 Å². The van der Waals surface area contributed by atoms with Crippen molar-refractivity contribution in [3.05, 3.63) is 28.8 Å². The van der Waals surface area contributed by atoms with Crippen LogP contribution in [0.4, 0.5) is 5.69 Å². The molecule has 2 rings (SSSR count). The first kappa shape index (κ1) is 12.2. The van der Waals surface area contributed by atoms with Gasteiger partial charge in [-0.05, 0) is 31.0 Å². The van der Waals surface area contributed by atoms with Crippen LogP contribution in [0.15, 0.2) is 18.2 Å². The summed E-state index contributed by atoms with van der Waals surface area (Å²) in [5, 5.41) is 11.3. The van der Waals surface area contributed by atoms with Gasteiger partial charge in [-0.3, -0.25) is 0 Å². The van der Waals surface area contributed by atoms with Crippen LogP contribution in [-0.4, -0.2) is 29.2 Å². The standard InChI is InChI=1S/C12H15ClN2O2/c13-11-8-9(4-5-10(11)12(16)17)14-15-6-2-1-3-7-15/h4-5,8,14H,1-3,6-7H2,(H,16,17). The molecule has 1 aliphatic rings. The fraction of sp³-hybridized carbons (Fsp3) is 0.417. The molecular formula is C12H15ClN2O2. The summed E-state index contributed by atoms with van der Waals surface area (Å²) in [6.45, 7) is 2.02. The van der Waals surface area contributed by atoms with Gasteiger partial charge < -0.3 is 10.5 Å². The van der Waals surface area contributed by atoms with E-state index < -0.39 is 5.97 Å². The van der Waals surface area contributed by atoms with E-state index in [1.165, 1.54) is 25.3 Å². The quantitative estimate of drug-likeness (QED) is 0.871. The molecule has 1 fully saturated rings. The SMILES string of the molecule is O=C(O)c1ccc(NN2CCCCC2)cc1Cl. The van der Waals surface area contributed by atoms with Gasteiger partial charge in [-0.25, -0.2) is 9.80 Å². The van der Waals surface area contributed by atoms with Gasteiger partial charge in [0.2, 0.25) is 0 Å². The lowest BCUT2D eigenvalue weighted by Crippen LogP contribution is -2.34. The summed E-state index contributed by atoms with van der Waals surface area (Å²) in [4.78, 5) is 10.8. The van der Waals surface area contributed by atoms with Gasteiger partial charge in [0.1, 0.15) is 0 Å². The third-order valence-corrected chi connectivity index (χ3v) is 3.16. The zero-order valence-corrected chi connectivity index (χ0v) is 10.2. The fourth-order valence-electron chi connectivity index (χ4n) is 1.95. The number of benzene rings is 1. The van der Waals surface area contributed by atoms with Crippen LogP contribution in [0.25, 0.3) is 0 Å². The summed E-state index contributed by atoms with van der Waals surface area (Å²) in [7, 11) is 0. The van der Waals surface area contributed by atoms with Gasteiger partial charge in [-0.2, -0.15) is 0 Å². The van der Waals surface area contributed by atoms with Crippen molar-refractivity contribution in [2.75, 3.05) is 18.5 Å². The summed E-state index contributed by atoms with van der Waals surface area (Å²) in [5.41, 5.74) is 4.21. The third-order valence-electron chi connectivity index (χ3n) is 2.84. The average molecular weight is 255 g/mol. The Labute approximate surface area is 105 Å². The monoisotopic (exact) mass is 254 g/mol. The Bertz CT molecular complexity index is 417. The number of hydrogen-bond donors (Lipinski definition) is 2. The lowest BCUT2D eigenvalue weighted by Gasteiger charge is -2.28. The molecule has 0 aliphatic carbocycles. The number of halogens is 1. The van der Waals surface area contributed by atoms with E-state index in [4.69, 9.17) is 16.7 Å². The number of anilines is 1. The maximum absolute atomic E-state index is 10.8. The predicted molar refractivity (Wildman–Crippen MR) is 67.5 cm³/mol. The number of carboxylic acid groups (broad SMARTS) is 1. The fourth-order valence-corrected chi connectivity index (χ4v) is 2.21. The molecule has 0 saturated carbocycles. The van der Waals surface area contributed by atoms with Crippen LogP contribution in [-0.2, 0) is 0 Å². The highest BCUT2D eigenvalue weighted by Gasteiger charge is 2.12. The minimum absolute atomic E-state index is 0.135. The Morgan fingerprint density at radius 2 is 2.00 bits per heavy atom. The van der Waals surface area contributed by atoms with Crippen molar-refractivity contribution in [1.82, 2.24) is 5.01 Å². The van der Waals surface area contributed by atoms with E-state index >= 15 is 0 Å². The molecule has 1 heterocycles. The molecule has 0 amide bonds. The van der Waals surface area contributed by atoms with Crippen molar-refractivity contribution in [2.24, 2.45) is 0 Å². The van der Waals surface area contributed by atoms with E-state index in [9.17, 15) is 4.79 Å². The van der Waals surface area contributed by atoms with Crippen LogP contribution in [0.5, 0.6) is 0 Å². The Balaban J connectivity index is 2.06. The van der Waals surface area contributed by atoms with Crippen molar-refractivity contribution >= 4 is 23.3 Å². The van der Waals surface area contributed by atoms with Gasteiger partial charge in [0.05, 0.1) is 16.3 Å². The number of nitrogens with one attached hydrogen (secondary N) is 1. The molecule has 0 atom stereocenters. The summed E-state index contributed by atoms with van der Waals surface area (Å²) < 4.78 is 0. The summed E-state index contributed by atoms with van der Waals surface area (Å²) in [6.07, 6.45) is 3.65. The predicted octanol–water partition coefficient (Wildman–Crippen LogP) is 2.85. The molecule has 1 saturated heterocycles. The first-order valence-electron chi connectivity index (χ1n) is 5.71. The van der Waals surface area contributed by atoms with E-state index in [1.807, 2.05) is 0 Å². The second kappa shape index (κ2) is 5.38. The van der Waals surface area contributed by atoms with E-state index in [-0.39, 0.29) is 10.6 Å². The van der Waals surface area contributed by atoms with Crippen molar-refractivity contribution in [1.29, 1.82) is 0 Å². The number of carboxylic acids is 1. The molecule has 0 radical (unpaired) electrons. The minimum Gasteiger partial charge on any atom is -0.478 e. The Kier molecular flexibility index (Phi) is 3.86. The lowest BCUT2D eigenvalue weighted by molar-refractivity contribution is 0.0697. The maximum Gasteiger partial charge on any atom is 0.337 e. The normalized spacial score (nSPS) is 16.8. The van der Waals surface area contributed by atoms with Crippen molar-refractivity contribution < 1.29 is 9.90 Å². The van der Waals surface area contributed by atoms with E-state index in [2.05, 4.69) is 10.4 Å². The lowest BCUT2D eigenvalue weighted by atomic mass is 10.1. The van der Waals surface area contributed by atoms with Crippen LogP contribution in [0.3, 0.4) is 0 Å². The molecule has 0 spiro atoms. The zero-order valence-electron chi connectivity index (χ0n) is 9.45. The zero-order chi connectivity index (χ0) is 12.3. The molecular weight excluding hydrogens is 240 g/mol. The molecule has 92 valence electrons. The molecule has 4 nitrogen and oxygen atoms in total. The van der Waals surface area contributed by atoms with Gasteiger partial charge in [-0.1, -0.05) is 18.0 Å². The number of hydrazine groups is 1. The first-order chi connectivity index (χ1) is 8.16. The van der Waals surface area contributed by atoms with Crippen LogP contribution in [0.2, 0.25) is 5.02 Å². The van der Waals surface area contributed by atoms with Gasteiger partial charge >= 0.3 is 5.97 Å². The third kappa shape index (κ3) is 3.11.